The second-order valence-corrected chi connectivity index (χ2v) is 6.42. The molecule has 0 bridgehead atoms. The molecule has 0 amide bonds. The molecule has 0 spiro atoms. The van der Waals surface area contributed by atoms with Gasteiger partial charge >= 0.3 is 0 Å². The number of methoxy groups -OCH3 is 1. The van der Waals surface area contributed by atoms with Gasteiger partial charge in [0.15, 0.2) is 17.6 Å². The molecule has 27 heavy (non-hydrogen) atoms. The number of aryl methyl sites for hydroxylation is 1. The Kier molecular flexibility index (Phi) is 7.91. The largest absolute Gasteiger partial charge is 0.504 e. The summed E-state index contributed by atoms with van der Waals surface area (Å²) >= 11 is 0. The quantitative estimate of drug-likeness (QED) is 0.509. The van der Waals surface area contributed by atoms with Gasteiger partial charge in [-0.3, -0.25) is 0 Å². The van der Waals surface area contributed by atoms with E-state index in [2.05, 4.69) is 6.92 Å². The van der Waals surface area contributed by atoms with Crippen LogP contribution in [-0.2, 0) is 13.0 Å². The van der Waals surface area contributed by atoms with E-state index in [0.29, 0.717) is 16.9 Å². The lowest BCUT2D eigenvalue weighted by molar-refractivity contribution is -0.000350. The molecule has 0 aromatic heterocycles. The first-order chi connectivity index (χ1) is 13.0. The van der Waals surface area contributed by atoms with E-state index in [0.717, 1.165) is 24.8 Å². The van der Waals surface area contributed by atoms with Gasteiger partial charge in [-0.15, -0.1) is 0 Å². The van der Waals surface area contributed by atoms with Gasteiger partial charge in [0.1, 0.15) is 11.9 Å². The van der Waals surface area contributed by atoms with E-state index >= 15 is 0 Å². The highest BCUT2D eigenvalue weighted by atomic mass is 16.5. The minimum atomic E-state index is -1.14. The predicted octanol–water partition coefficient (Wildman–Crippen LogP) is 2.71. The fourth-order valence-corrected chi connectivity index (χ4v) is 2.87. The van der Waals surface area contributed by atoms with Crippen molar-refractivity contribution < 1.29 is 29.9 Å². The number of unbranched alkanes of at least 4 members (excludes halogenated alkanes) is 1. The fourth-order valence-electron chi connectivity index (χ4n) is 2.87. The van der Waals surface area contributed by atoms with Gasteiger partial charge in [0.25, 0.3) is 0 Å². The van der Waals surface area contributed by atoms with Crippen LogP contribution in [0.25, 0.3) is 0 Å². The Morgan fingerprint density at radius 3 is 2.44 bits per heavy atom. The third kappa shape index (κ3) is 5.35. The molecule has 0 saturated heterocycles. The SMILES string of the molecule is CCCCc1ccc(OC(CO)C(O)c2ccc(O)c(OC)c2)c(CO)c1. The van der Waals surface area contributed by atoms with Crippen molar-refractivity contribution in [3.05, 3.63) is 53.1 Å². The second-order valence-electron chi connectivity index (χ2n) is 6.42. The maximum atomic E-state index is 10.6. The van der Waals surface area contributed by atoms with Crippen LogP contribution in [-0.4, -0.2) is 40.2 Å². The number of aromatic hydroxyl groups is 1. The van der Waals surface area contributed by atoms with Crippen LogP contribution in [0.15, 0.2) is 36.4 Å². The van der Waals surface area contributed by atoms with Crippen LogP contribution in [0, 0.1) is 0 Å². The number of hydrogen-bond donors (Lipinski definition) is 4. The van der Waals surface area contributed by atoms with Crippen molar-refractivity contribution in [2.24, 2.45) is 0 Å². The van der Waals surface area contributed by atoms with Gasteiger partial charge < -0.3 is 29.9 Å². The molecular formula is C21H28O6. The Bertz CT molecular complexity index is 731. The van der Waals surface area contributed by atoms with Gasteiger partial charge in [-0.05, 0) is 48.2 Å². The van der Waals surface area contributed by atoms with Crippen LogP contribution in [0.4, 0.5) is 0 Å². The molecule has 0 aliphatic rings. The zero-order chi connectivity index (χ0) is 19.8. The maximum Gasteiger partial charge on any atom is 0.160 e. The van der Waals surface area contributed by atoms with Gasteiger partial charge in [-0.1, -0.05) is 25.5 Å². The third-order valence-corrected chi connectivity index (χ3v) is 4.47. The minimum Gasteiger partial charge on any atom is -0.504 e. The molecule has 0 heterocycles. The summed E-state index contributed by atoms with van der Waals surface area (Å²) in [7, 11) is 1.42. The van der Waals surface area contributed by atoms with E-state index in [1.165, 1.54) is 25.3 Å². The zero-order valence-corrected chi connectivity index (χ0v) is 15.8. The van der Waals surface area contributed by atoms with Crippen LogP contribution in [0.1, 0.15) is 42.6 Å². The number of phenols is 1. The lowest BCUT2D eigenvalue weighted by Crippen LogP contribution is -2.29. The molecule has 148 valence electrons. The third-order valence-electron chi connectivity index (χ3n) is 4.47. The topological polar surface area (TPSA) is 99.4 Å². The molecule has 0 aliphatic heterocycles. The normalized spacial score (nSPS) is 13.2. The zero-order valence-electron chi connectivity index (χ0n) is 15.8. The molecular weight excluding hydrogens is 348 g/mol. The summed E-state index contributed by atoms with van der Waals surface area (Å²) in [6.07, 6.45) is 0.984. The van der Waals surface area contributed by atoms with E-state index in [1.807, 2.05) is 12.1 Å². The molecule has 2 unspecified atom stereocenters. The standard InChI is InChI=1S/C21H28O6/c1-3-4-5-14-6-9-18(16(10-14)12-22)27-20(13-23)21(25)15-7-8-17(24)19(11-15)26-2/h6-11,20-25H,3-5,12-13H2,1-2H3. The van der Waals surface area contributed by atoms with Gasteiger partial charge in [0.05, 0.1) is 20.3 Å². The summed E-state index contributed by atoms with van der Waals surface area (Å²) in [5.74, 6) is 0.598. The molecule has 2 aromatic carbocycles. The van der Waals surface area contributed by atoms with Crippen molar-refractivity contribution in [3.63, 3.8) is 0 Å². The number of ether oxygens (including phenoxy) is 2. The predicted molar refractivity (Wildman–Crippen MR) is 102 cm³/mol. The minimum absolute atomic E-state index is 0.0415. The second kappa shape index (κ2) is 10.2. The summed E-state index contributed by atoms with van der Waals surface area (Å²) in [4.78, 5) is 0. The summed E-state index contributed by atoms with van der Waals surface area (Å²) < 4.78 is 10.9. The number of aliphatic hydroxyl groups is 3. The molecule has 4 N–H and O–H groups in total. The molecule has 2 atom stereocenters. The number of aliphatic hydroxyl groups excluding tert-OH is 3. The van der Waals surface area contributed by atoms with Crippen molar-refractivity contribution in [1.29, 1.82) is 0 Å². The Morgan fingerprint density at radius 2 is 1.81 bits per heavy atom. The average molecular weight is 376 g/mol. The number of phenolic OH excluding ortho intramolecular Hbond substituents is 1. The lowest BCUT2D eigenvalue weighted by Gasteiger charge is -2.24. The van der Waals surface area contributed by atoms with Gasteiger partial charge in [0.2, 0.25) is 0 Å². The number of rotatable bonds is 10. The first-order valence-corrected chi connectivity index (χ1v) is 9.09. The van der Waals surface area contributed by atoms with E-state index < -0.39 is 18.8 Å². The lowest BCUT2D eigenvalue weighted by atomic mass is 10.0. The van der Waals surface area contributed by atoms with E-state index in [4.69, 9.17) is 9.47 Å². The highest BCUT2D eigenvalue weighted by molar-refractivity contribution is 5.43. The molecule has 0 radical (unpaired) electrons. The summed E-state index contributed by atoms with van der Waals surface area (Å²) in [5.41, 5.74) is 2.16. The highest BCUT2D eigenvalue weighted by Crippen LogP contribution is 2.32. The maximum absolute atomic E-state index is 10.6. The molecule has 6 nitrogen and oxygen atoms in total. The molecule has 0 aliphatic carbocycles. The Balaban J connectivity index is 2.20. The number of benzene rings is 2. The van der Waals surface area contributed by atoms with Gasteiger partial charge in [-0.2, -0.15) is 0 Å². The van der Waals surface area contributed by atoms with Crippen LogP contribution in [0.2, 0.25) is 0 Å². The van der Waals surface area contributed by atoms with Crippen LogP contribution < -0.4 is 9.47 Å². The fraction of sp³-hybridized carbons (Fsp3) is 0.429. The van der Waals surface area contributed by atoms with Crippen molar-refractivity contribution >= 4 is 0 Å². The summed E-state index contributed by atoms with van der Waals surface area (Å²) in [5, 5.41) is 39.7. The Morgan fingerprint density at radius 1 is 1.04 bits per heavy atom. The van der Waals surface area contributed by atoms with E-state index in [-0.39, 0.29) is 18.1 Å². The van der Waals surface area contributed by atoms with Crippen LogP contribution in [0.3, 0.4) is 0 Å². The van der Waals surface area contributed by atoms with Gasteiger partial charge in [0, 0.05) is 5.56 Å². The van der Waals surface area contributed by atoms with Gasteiger partial charge in [-0.25, -0.2) is 0 Å². The molecule has 2 aromatic rings. The first kappa shape index (κ1) is 21.0. The molecule has 0 fully saturated rings. The van der Waals surface area contributed by atoms with Crippen molar-refractivity contribution in [2.75, 3.05) is 13.7 Å². The van der Waals surface area contributed by atoms with Crippen molar-refractivity contribution in [2.45, 2.75) is 45.0 Å². The van der Waals surface area contributed by atoms with Crippen LogP contribution >= 0.6 is 0 Å². The average Bonchev–Trinajstić information content (AvgIpc) is 2.70. The van der Waals surface area contributed by atoms with E-state index in [1.54, 1.807) is 6.07 Å². The molecule has 2 rings (SSSR count). The van der Waals surface area contributed by atoms with Crippen LogP contribution in [0.5, 0.6) is 17.2 Å². The highest BCUT2D eigenvalue weighted by Gasteiger charge is 2.24. The summed E-state index contributed by atoms with van der Waals surface area (Å²) in [6.45, 7) is 1.50. The smallest absolute Gasteiger partial charge is 0.160 e. The van der Waals surface area contributed by atoms with Crippen molar-refractivity contribution in [1.82, 2.24) is 0 Å². The van der Waals surface area contributed by atoms with E-state index in [9.17, 15) is 20.4 Å². The number of hydrogen-bond acceptors (Lipinski definition) is 6. The Labute approximate surface area is 159 Å². The first-order valence-electron chi connectivity index (χ1n) is 9.09. The molecule has 0 saturated carbocycles. The summed E-state index contributed by atoms with van der Waals surface area (Å²) in [6, 6.07) is 10.0. The molecule has 6 heteroatoms. The Hall–Kier alpha value is -2.28. The van der Waals surface area contributed by atoms with Crippen molar-refractivity contribution in [3.8, 4) is 17.2 Å². The monoisotopic (exact) mass is 376 g/mol.